The van der Waals surface area contributed by atoms with E-state index in [1.165, 1.54) is 17.7 Å². The summed E-state index contributed by atoms with van der Waals surface area (Å²) in [5.41, 5.74) is 1.04. The first-order chi connectivity index (χ1) is 8.52. The summed E-state index contributed by atoms with van der Waals surface area (Å²) in [6, 6.07) is 1.33. The number of fused-ring (bicyclic) bond motifs is 1. The van der Waals surface area contributed by atoms with Gasteiger partial charge in [-0.3, -0.25) is 4.68 Å². The molecule has 1 aromatic carbocycles. The van der Waals surface area contributed by atoms with Crippen molar-refractivity contribution >= 4 is 10.9 Å². The maximum absolute atomic E-state index is 13.6. The number of hydrogen-bond donors (Lipinski definition) is 0. The zero-order valence-electron chi connectivity index (χ0n) is 12.2. The van der Waals surface area contributed by atoms with Crippen LogP contribution in [0.2, 0.25) is 0 Å². The number of rotatable bonds is 0. The summed E-state index contributed by atoms with van der Waals surface area (Å²) in [5.74, 6) is -1.05. The van der Waals surface area contributed by atoms with E-state index in [4.69, 9.17) is 0 Å². The predicted molar refractivity (Wildman–Crippen MR) is 72.8 cm³/mol. The average Bonchev–Trinajstić information content (AvgIpc) is 2.66. The molecule has 0 radical (unpaired) electrons. The van der Waals surface area contributed by atoms with Crippen LogP contribution in [0.15, 0.2) is 6.07 Å². The first kappa shape index (κ1) is 16.6. The summed E-state index contributed by atoms with van der Waals surface area (Å²) in [6.45, 7) is 11.2. The van der Waals surface area contributed by atoms with Crippen molar-refractivity contribution in [3.63, 3.8) is 0 Å². The fourth-order valence-electron chi connectivity index (χ4n) is 1.63. The van der Waals surface area contributed by atoms with Crippen molar-refractivity contribution in [2.45, 2.75) is 41.5 Å². The Labute approximate surface area is 108 Å². The second-order valence-electron chi connectivity index (χ2n) is 3.40. The van der Waals surface area contributed by atoms with Crippen molar-refractivity contribution in [1.29, 1.82) is 0 Å². The van der Waals surface area contributed by atoms with E-state index in [1.807, 2.05) is 27.7 Å². The molecule has 0 amide bonds. The lowest BCUT2D eigenvalue weighted by Gasteiger charge is -2.01. The lowest BCUT2D eigenvalue weighted by Crippen LogP contribution is -1.96. The summed E-state index contributed by atoms with van der Waals surface area (Å²) in [7, 11) is 1.65. The minimum Gasteiger partial charge on any atom is -0.265 e. The Morgan fingerprint density at radius 1 is 1.06 bits per heavy atom. The first-order valence-corrected chi connectivity index (χ1v) is 6.30. The van der Waals surface area contributed by atoms with Crippen LogP contribution >= 0.6 is 0 Å². The van der Waals surface area contributed by atoms with Crippen LogP contribution in [0.1, 0.15) is 39.0 Å². The predicted octanol–water partition coefficient (Wildman–Crippen LogP) is 4.52. The normalized spacial score (nSPS) is 9.39. The molecule has 2 aromatic rings. The number of hydrogen-bond acceptors (Lipinski definition) is 1. The zero-order valence-corrected chi connectivity index (χ0v) is 12.2. The van der Waals surface area contributed by atoms with E-state index in [-0.39, 0.29) is 5.56 Å². The number of aromatic nitrogens is 2. The first-order valence-electron chi connectivity index (χ1n) is 6.30. The smallest absolute Gasteiger partial charge is 0.154 e. The highest BCUT2D eigenvalue weighted by atomic mass is 19.1. The van der Waals surface area contributed by atoms with Gasteiger partial charge in [0.2, 0.25) is 0 Å². The molecule has 102 valence electrons. The van der Waals surface area contributed by atoms with Crippen LogP contribution in [-0.2, 0) is 7.05 Å². The van der Waals surface area contributed by atoms with Crippen LogP contribution in [0.3, 0.4) is 0 Å². The van der Waals surface area contributed by atoms with Crippen molar-refractivity contribution in [2.75, 3.05) is 0 Å². The second-order valence-corrected chi connectivity index (χ2v) is 3.40. The Morgan fingerprint density at radius 2 is 1.56 bits per heavy atom. The topological polar surface area (TPSA) is 17.8 Å². The SMILES string of the molecule is CC.CC.Cc1c(F)cc2c(C)nn(C)c2c1F. The van der Waals surface area contributed by atoms with E-state index < -0.39 is 11.6 Å². The molecule has 4 heteroatoms. The molecule has 0 aliphatic carbocycles. The van der Waals surface area contributed by atoms with Gasteiger partial charge in [0.1, 0.15) is 11.3 Å². The summed E-state index contributed by atoms with van der Waals surface area (Å²) in [5, 5.41) is 4.58. The monoisotopic (exact) mass is 256 g/mol. The third-order valence-corrected chi connectivity index (χ3v) is 2.43. The Kier molecular flexibility index (Phi) is 6.52. The lowest BCUT2D eigenvalue weighted by atomic mass is 10.1. The fourth-order valence-corrected chi connectivity index (χ4v) is 1.63. The maximum Gasteiger partial charge on any atom is 0.154 e. The Morgan fingerprint density at radius 3 is 2.06 bits per heavy atom. The largest absolute Gasteiger partial charge is 0.265 e. The van der Waals surface area contributed by atoms with E-state index in [9.17, 15) is 8.78 Å². The lowest BCUT2D eigenvalue weighted by molar-refractivity contribution is 0.571. The van der Waals surface area contributed by atoms with Crippen LogP contribution in [-0.4, -0.2) is 9.78 Å². The third-order valence-electron chi connectivity index (χ3n) is 2.43. The molecule has 1 aromatic heterocycles. The van der Waals surface area contributed by atoms with Gasteiger partial charge in [-0.25, -0.2) is 8.78 Å². The molecular weight excluding hydrogens is 234 g/mol. The number of halogens is 2. The summed E-state index contributed by atoms with van der Waals surface area (Å²) in [6.07, 6.45) is 0. The standard InChI is InChI=1S/C10H10F2N2.2C2H6/c1-5-8(11)4-7-6(2)13-14(3)10(7)9(5)12;2*1-2/h4H,1-3H3;2*1-2H3. The molecule has 0 bridgehead atoms. The highest BCUT2D eigenvalue weighted by molar-refractivity contribution is 5.83. The molecule has 0 saturated carbocycles. The molecule has 2 nitrogen and oxygen atoms in total. The summed E-state index contributed by atoms with van der Waals surface area (Å²) < 4.78 is 28.3. The van der Waals surface area contributed by atoms with Crippen LogP contribution in [0, 0.1) is 25.5 Å². The van der Waals surface area contributed by atoms with E-state index in [0.29, 0.717) is 16.6 Å². The van der Waals surface area contributed by atoms with Gasteiger partial charge in [-0.05, 0) is 19.9 Å². The molecule has 0 aliphatic heterocycles. The molecule has 0 fully saturated rings. The zero-order chi connectivity index (χ0) is 14.5. The number of benzene rings is 1. The van der Waals surface area contributed by atoms with Crippen molar-refractivity contribution in [3.05, 3.63) is 29.0 Å². The van der Waals surface area contributed by atoms with Crippen molar-refractivity contribution in [3.8, 4) is 0 Å². The van der Waals surface area contributed by atoms with E-state index in [0.717, 1.165) is 0 Å². The van der Waals surface area contributed by atoms with Crippen LogP contribution < -0.4 is 0 Å². The molecule has 0 saturated heterocycles. The van der Waals surface area contributed by atoms with E-state index in [2.05, 4.69) is 5.10 Å². The van der Waals surface area contributed by atoms with Crippen molar-refractivity contribution in [1.82, 2.24) is 9.78 Å². The average molecular weight is 256 g/mol. The molecular formula is C14H22F2N2. The number of aryl methyl sites for hydroxylation is 2. The van der Waals surface area contributed by atoms with Gasteiger partial charge in [0.05, 0.1) is 5.69 Å². The van der Waals surface area contributed by atoms with E-state index in [1.54, 1.807) is 14.0 Å². The molecule has 18 heavy (non-hydrogen) atoms. The van der Waals surface area contributed by atoms with Gasteiger partial charge in [0.15, 0.2) is 5.82 Å². The molecule has 0 aliphatic rings. The second kappa shape index (κ2) is 7.09. The molecule has 0 N–H and O–H groups in total. The van der Waals surface area contributed by atoms with Gasteiger partial charge in [-0.15, -0.1) is 0 Å². The van der Waals surface area contributed by atoms with Crippen molar-refractivity contribution < 1.29 is 8.78 Å². The van der Waals surface area contributed by atoms with Crippen LogP contribution in [0.25, 0.3) is 10.9 Å². The minimum absolute atomic E-state index is 0.0421. The molecule has 0 atom stereocenters. The third kappa shape index (κ3) is 2.86. The molecule has 0 unspecified atom stereocenters. The number of nitrogens with zero attached hydrogens (tertiary/aromatic N) is 2. The quantitative estimate of drug-likeness (QED) is 0.677. The van der Waals surface area contributed by atoms with Crippen LogP contribution in [0.4, 0.5) is 8.78 Å². The maximum atomic E-state index is 13.6. The van der Waals surface area contributed by atoms with E-state index >= 15 is 0 Å². The molecule has 1 heterocycles. The molecule has 2 rings (SSSR count). The van der Waals surface area contributed by atoms with Gasteiger partial charge in [0.25, 0.3) is 0 Å². The minimum atomic E-state index is -0.525. The van der Waals surface area contributed by atoms with Gasteiger partial charge in [0, 0.05) is 18.0 Å². The Hall–Kier alpha value is -1.45. The summed E-state index contributed by atoms with van der Waals surface area (Å²) in [4.78, 5) is 0. The van der Waals surface area contributed by atoms with Gasteiger partial charge < -0.3 is 0 Å². The molecule has 0 spiro atoms. The van der Waals surface area contributed by atoms with Gasteiger partial charge >= 0.3 is 0 Å². The fraction of sp³-hybridized carbons (Fsp3) is 0.500. The highest BCUT2D eigenvalue weighted by Crippen LogP contribution is 2.25. The van der Waals surface area contributed by atoms with Crippen LogP contribution in [0.5, 0.6) is 0 Å². The van der Waals surface area contributed by atoms with Gasteiger partial charge in [-0.2, -0.15) is 5.10 Å². The van der Waals surface area contributed by atoms with Gasteiger partial charge in [-0.1, -0.05) is 27.7 Å². The Balaban J connectivity index is 0.000000659. The Bertz CT molecular complexity index is 516. The highest BCUT2D eigenvalue weighted by Gasteiger charge is 2.15. The van der Waals surface area contributed by atoms with Crippen molar-refractivity contribution in [2.24, 2.45) is 7.05 Å². The summed E-state index contributed by atoms with van der Waals surface area (Å²) >= 11 is 0.